The summed E-state index contributed by atoms with van der Waals surface area (Å²) in [6.45, 7) is -1.07. The third-order valence-electron chi connectivity index (χ3n) is 3.18. The van der Waals surface area contributed by atoms with E-state index in [1.807, 2.05) is 0 Å². The number of nitrogens with zero attached hydrogens (tertiary/aromatic N) is 2. The summed E-state index contributed by atoms with van der Waals surface area (Å²) in [5, 5.41) is 0. The Labute approximate surface area is 127 Å². The van der Waals surface area contributed by atoms with Crippen LogP contribution in [0.1, 0.15) is 12.1 Å². The van der Waals surface area contributed by atoms with Crippen LogP contribution in [-0.2, 0) is 15.0 Å². The van der Waals surface area contributed by atoms with Crippen molar-refractivity contribution in [2.45, 2.75) is 17.9 Å². The van der Waals surface area contributed by atoms with Crippen molar-refractivity contribution >= 4 is 22.0 Å². The molecule has 5 nitrogen and oxygen atoms in total. The second-order valence-electron chi connectivity index (χ2n) is 4.51. The minimum atomic E-state index is -3.48. The number of rotatable bonds is 4. The van der Waals surface area contributed by atoms with Crippen LogP contribution in [0.2, 0.25) is 0 Å². The predicted octanol–water partition coefficient (Wildman–Crippen LogP) is 2.20. The maximum Gasteiger partial charge on any atom is 0.312 e. The van der Waals surface area contributed by atoms with Crippen LogP contribution < -0.4 is 5.73 Å². The van der Waals surface area contributed by atoms with Gasteiger partial charge in [-0.25, -0.2) is 14.4 Å². The van der Waals surface area contributed by atoms with Gasteiger partial charge in [0.15, 0.2) is 12.1 Å². The van der Waals surface area contributed by atoms with Crippen LogP contribution in [-0.4, -0.2) is 37.3 Å². The van der Waals surface area contributed by atoms with E-state index in [4.69, 9.17) is 10.5 Å². The molecule has 1 aromatic rings. The van der Waals surface area contributed by atoms with E-state index in [0.29, 0.717) is 0 Å². The minimum absolute atomic E-state index is 0.0694. The van der Waals surface area contributed by atoms with Crippen molar-refractivity contribution in [2.75, 3.05) is 20.3 Å². The first-order valence-electron chi connectivity index (χ1n) is 6.00. The van der Waals surface area contributed by atoms with Gasteiger partial charge in [-0.3, -0.25) is 0 Å². The molecule has 0 aromatic carbocycles. The maximum absolute atomic E-state index is 14.5. The Balaban J connectivity index is 2.66. The number of amidine groups is 1. The van der Waals surface area contributed by atoms with E-state index in [1.165, 1.54) is 13.2 Å². The van der Waals surface area contributed by atoms with Gasteiger partial charge in [0.2, 0.25) is 0 Å². The van der Waals surface area contributed by atoms with E-state index in [-0.39, 0.29) is 17.6 Å². The molecule has 0 unspecified atom stereocenters. The van der Waals surface area contributed by atoms with E-state index in [0.717, 1.165) is 6.07 Å². The highest BCUT2D eigenvalue weighted by Gasteiger charge is 2.60. The van der Waals surface area contributed by atoms with Crippen molar-refractivity contribution in [2.24, 2.45) is 10.7 Å². The Morgan fingerprint density at radius 2 is 2.19 bits per heavy atom. The molecule has 0 radical (unpaired) electrons. The number of hydrogen-bond donors (Lipinski definition) is 1. The standard InChI is InChI=1S/C12H13BrF3N3O2/c1-20-5-4-11(9-7(14)2-3-8(13)18-9)12(15,16)6-21-10(17)19-11/h2-3H,4-6H2,1H3,(H2,17,19)/t11-/m1/s1. The van der Waals surface area contributed by atoms with Crippen molar-refractivity contribution in [3.05, 3.63) is 28.2 Å². The highest BCUT2D eigenvalue weighted by Crippen LogP contribution is 2.46. The fourth-order valence-corrected chi connectivity index (χ4v) is 2.44. The Bertz CT molecular complexity index is 571. The Kier molecular flexibility index (Phi) is 4.43. The van der Waals surface area contributed by atoms with Crippen molar-refractivity contribution in [1.29, 1.82) is 0 Å². The quantitative estimate of drug-likeness (QED) is 0.828. The van der Waals surface area contributed by atoms with Gasteiger partial charge in [0, 0.05) is 20.1 Å². The lowest BCUT2D eigenvalue weighted by Crippen LogP contribution is -2.54. The summed E-state index contributed by atoms with van der Waals surface area (Å²) in [7, 11) is 1.35. The normalized spacial score (nSPS) is 24.3. The molecule has 1 aliphatic rings. The van der Waals surface area contributed by atoms with Crippen LogP contribution in [0.15, 0.2) is 21.7 Å². The second-order valence-corrected chi connectivity index (χ2v) is 5.32. The van der Waals surface area contributed by atoms with Gasteiger partial charge in [0.1, 0.15) is 16.1 Å². The van der Waals surface area contributed by atoms with Crippen LogP contribution in [0.5, 0.6) is 0 Å². The number of halogens is 4. The van der Waals surface area contributed by atoms with Gasteiger partial charge in [-0.1, -0.05) is 0 Å². The molecule has 0 saturated heterocycles. The minimum Gasteiger partial charge on any atom is -0.459 e. The molecule has 0 saturated carbocycles. The molecule has 1 aromatic heterocycles. The summed E-state index contributed by atoms with van der Waals surface area (Å²) in [4.78, 5) is 7.53. The molecule has 0 fully saturated rings. The van der Waals surface area contributed by atoms with Gasteiger partial charge in [-0.05, 0) is 28.1 Å². The molecule has 2 heterocycles. The van der Waals surface area contributed by atoms with Gasteiger partial charge in [0.05, 0.1) is 0 Å². The van der Waals surface area contributed by atoms with Gasteiger partial charge in [-0.2, -0.15) is 8.78 Å². The van der Waals surface area contributed by atoms with Crippen molar-refractivity contribution in [3.63, 3.8) is 0 Å². The molecule has 1 aliphatic heterocycles. The van der Waals surface area contributed by atoms with Crippen LogP contribution in [0.25, 0.3) is 0 Å². The fourth-order valence-electron chi connectivity index (χ4n) is 2.13. The summed E-state index contributed by atoms with van der Waals surface area (Å²) in [6, 6.07) is 1.92. The zero-order valence-corrected chi connectivity index (χ0v) is 12.7. The number of ether oxygens (including phenoxy) is 2. The summed E-state index contributed by atoms with van der Waals surface area (Å²) in [5.41, 5.74) is 2.66. The molecule has 0 spiro atoms. The summed E-state index contributed by atoms with van der Waals surface area (Å²) in [5.74, 6) is -4.38. The van der Waals surface area contributed by atoms with E-state index >= 15 is 0 Å². The third-order valence-corrected chi connectivity index (χ3v) is 3.62. The molecular weight excluding hydrogens is 355 g/mol. The maximum atomic E-state index is 14.5. The first-order valence-corrected chi connectivity index (χ1v) is 6.79. The van der Waals surface area contributed by atoms with Crippen LogP contribution in [0, 0.1) is 5.82 Å². The first-order chi connectivity index (χ1) is 9.82. The van der Waals surface area contributed by atoms with E-state index in [9.17, 15) is 13.2 Å². The van der Waals surface area contributed by atoms with Crippen molar-refractivity contribution in [3.8, 4) is 0 Å². The number of pyridine rings is 1. The number of alkyl halides is 2. The summed E-state index contributed by atoms with van der Waals surface area (Å²) in [6.07, 6.45) is -0.291. The van der Waals surface area contributed by atoms with Gasteiger partial charge in [0.25, 0.3) is 6.02 Å². The van der Waals surface area contributed by atoms with Gasteiger partial charge < -0.3 is 15.2 Å². The average molecular weight is 368 g/mol. The molecule has 1 atom stereocenters. The SMILES string of the molecule is COCC[C@]1(c2nc(Br)ccc2F)N=C(N)OCC1(F)F. The van der Waals surface area contributed by atoms with Crippen molar-refractivity contribution < 1.29 is 22.6 Å². The van der Waals surface area contributed by atoms with Crippen molar-refractivity contribution in [1.82, 2.24) is 4.98 Å². The topological polar surface area (TPSA) is 69.7 Å². The number of hydrogen-bond acceptors (Lipinski definition) is 5. The molecule has 2 N–H and O–H groups in total. The highest BCUT2D eigenvalue weighted by molar-refractivity contribution is 9.10. The van der Waals surface area contributed by atoms with E-state index < -0.39 is 35.6 Å². The Morgan fingerprint density at radius 1 is 1.48 bits per heavy atom. The van der Waals surface area contributed by atoms with E-state index in [1.54, 1.807) is 0 Å². The van der Waals surface area contributed by atoms with Crippen LogP contribution in [0.4, 0.5) is 13.2 Å². The Morgan fingerprint density at radius 3 is 2.86 bits per heavy atom. The van der Waals surface area contributed by atoms with Crippen LogP contribution >= 0.6 is 15.9 Å². The molecule has 2 rings (SSSR count). The molecule has 21 heavy (non-hydrogen) atoms. The zero-order valence-electron chi connectivity index (χ0n) is 11.1. The molecular formula is C12H13BrF3N3O2. The van der Waals surface area contributed by atoms with Crippen LogP contribution in [0.3, 0.4) is 0 Å². The summed E-state index contributed by atoms with van der Waals surface area (Å²) >= 11 is 3.04. The van der Waals surface area contributed by atoms with Gasteiger partial charge in [-0.15, -0.1) is 0 Å². The zero-order chi connectivity index (χ0) is 15.7. The molecule has 116 valence electrons. The molecule has 0 aliphatic carbocycles. The van der Waals surface area contributed by atoms with Gasteiger partial charge >= 0.3 is 5.92 Å². The smallest absolute Gasteiger partial charge is 0.312 e. The second kappa shape index (κ2) is 5.80. The fraction of sp³-hybridized carbons (Fsp3) is 0.500. The number of aliphatic imine (C=N–C) groups is 1. The molecule has 0 amide bonds. The lowest BCUT2D eigenvalue weighted by atomic mass is 9.84. The third kappa shape index (κ3) is 2.84. The van der Waals surface area contributed by atoms with E-state index in [2.05, 4.69) is 30.6 Å². The molecule has 9 heteroatoms. The predicted molar refractivity (Wildman–Crippen MR) is 72.6 cm³/mol. The highest BCUT2D eigenvalue weighted by atomic mass is 79.9. The molecule has 0 bridgehead atoms. The Hall–Kier alpha value is -1.35. The first kappa shape index (κ1) is 16.0. The summed E-state index contributed by atoms with van der Waals surface area (Å²) < 4.78 is 52.6. The lowest BCUT2D eigenvalue weighted by Gasteiger charge is -2.39. The lowest BCUT2D eigenvalue weighted by molar-refractivity contribution is -0.131. The average Bonchev–Trinajstić information content (AvgIpc) is 2.43. The number of methoxy groups -OCH3 is 1. The largest absolute Gasteiger partial charge is 0.459 e. The monoisotopic (exact) mass is 367 g/mol. The number of aromatic nitrogens is 1. The number of nitrogens with two attached hydrogens (primary N) is 1.